The summed E-state index contributed by atoms with van der Waals surface area (Å²) in [5.74, 6) is 1.12. The van der Waals surface area contributed by atoms with Gasteiger partial charge in [-0.15, -0.1) is 0 Å². The van der Waals surface area contributed by atoms with Gasteiger partial charge < -0.3 is 10.2 Å². The van der Waals surface area contributed by atoms with E-state index in [-0.39, 0.29) is 18.2 Å². The molecular weight excluding hydrogens is 597 g/mol. The molecule has 0 spiro atoms. The van der Waals surface area contributed by atoms with Gasteiger partial charge in [-0.3, -0.25) is 14.5 Å². The molecule has 0 unspecified atom stereocenters. The van der Waals surface area contributed by atoms with Crippen LogP contribution >= 0.6 is 22.6 Å². The van der Waals surface area contributed by atoms with Crippen LogP contribution in [0.3, 0.4) is 0 Å². The van der Waals surface area contributed by atoms with E-state index in [9.17, 15) is 9.59 Å². The fourth-order valence-electron chi connectivity index (χ4n) is 5.30. The first kappa shape index (κ1) is 29.3. The first-order valence-electron chi connectivity index (χ1n) is 14.0. The van der Waals surface area contributed by atoms with E-state index in [1.54, 1.807) is 11.0 Å². The second-order valence-electron chi connectivity index (χ2n) is 11.3. The third-order valence-electron chi connectivity index (χ3n) is 6.91. The van der Waals surface area contributed by atoms with Gasteiger partial charge in [0.05, 0.1) is 29.0 Å². The van der Waals surface area contributed by atoms with Crippen LogP contribution in [0, 0.1) is 15.4 Å². The number of carbonyl (C=O) groups is 2. The molecule has 39 heavy (non-hydrogen) atoms. The first-order valence-corrected chi connectivity index (χ1v) is 15.1. The van der Waals surface area contributed by atoms with Crippen molar-refractivity contribution in [1.82, 2.24) is 4.90 Å². The van der Waals surface area contributed by atoms with Crippen LogP contribution in [-0.4, -0.2) is 36.3 Å². The topological polar surface area (TPSA) is 52.7 Å². The van der Waals surface area contributed by atoms with E-state index in [0.717, 1.165) is 41.6 Å². The molecule has 5 nitrogen and oxygen atoms in total. The molecule has 0 aromatic heterocycles. The van der Waals surface area contributed by atoms with Crippen LogP contribution < -0.4 is 10.2 Å². The standard InChI is InChI=1S/C33H40IN3O2/c1-23(2)21-36(22-24(3)4)19-8-7-10-25-15-17-26(18-16-25)20-31(38)37-30-14-6-5-13-29(30)35-33(39)27-11-9-12-28(34)32(27)37/h5-6,9,11-18,23-24H,7-8,10,19-22H2,1-4H3,(H,35,39). The highest BCUT2D eigenvalue weighted by Crippen LogP contribution is 2.40. The molecule has 206 valence electrons. The van der Waals surface area contributed by atoms with Crippen LogP contribution in [0.2, 0.25) is 0 Å². The molecule has 0 bridgehead atoms. The molecule has 1 aliphatic rings. The Labute approximate surface area is 247 Å². The Bertz CT molecular complexity index is 1280. The minimum atomic E-state index is -0.202. The van der Waals surface area contributed by atoms with E-state index in [1.165, 1.54) is 12.0 Å². The number of aryl methyl sites for hydroxylation is 1. The number of para-hydroxylation sites is 3. The van der Waals surface area contributed by atoms with Crippen LogP contribution in [0.5, 0.6) is 0 Å². The van der Waals surface area contributed by atoms with Crippen LogP contribution in [0.4, 0.5) is 17.1 Å². The zero-order chi connectivity index (χ0) is 27.9. The predicted molar refractivity (Wildman–Crippen MR) is 170 cm³/mol. The van der Waals surface area contributed by atoms with E-state index in [0.29, 0.717) is 34.5 Å². The molecular formula is C33H40IN3O2. The fraction of sp³-hybridized carbons (Fsp3) is 0.394. The number of nitrogens with zero attached hydrogens (tertiary/aromatic N) is 2. The molecule has 3 aromatic rings. The summed E-state index contributed by atoms with van der Waals surface area (Å²) in [6.07, 6.45) is 3.65. The number of amides is 2. The van der Waals surface area contributed by atoms with Gasteiger partial charge in [0.15, 0.2) is 0 Å². The number of anilines is 3. The quantitative estimate of drug-likeness (QED) is 0.173. The lowest BCUT2D eigenvalue weighted by molar-refractivity contribution is -0.117. The van der Waals surface area contributed by atoms with Crippen molar-refractivity contribution in [3.63, 3.8) is 0 Å². The molecule has 1 aliphatic heterocycles. The summed E-state index contributed by atoms with van der Waals surface area (Å²) in [6.45, 7) is 12.6. The van der Waals surface area contributed by atoms with Gasteiger partial charge in [-0.2, -0.15) is 0 Å². The number of rotatable bonds is 11. The van der Waals surface area contributed by atoms with Gasteiger partial charge in [0, 0.05) is 16.7 Å². The lowest BCUT2D eigenvalue weighted by Gasteiger charge is -2.26. The summed E-state index contributed by atoms with van der Waals surface area (Å²) >= 11 is 2.21. The van der Waals surface area contributed by atoms with Crippen molar-refractivity contribution in [2.24, 2.45) is 11.8 Å². The van der Waals surface area contributed by atoms with Gasteiger partial charge >= 0.3 is 0 Å². The van der Waals surface area contributed by atoms with E-state index in [4.69, 9.17) is 0 Å². The van der Waals surface area contributed by atoms with Crippen molar-refractivity contribution in [1.29, 1.82) is 0 Å². The van der Waals surface area contributed by atoms with Crippen molar-refractivity contribution < 1.29 is 9.59 Å². The minimum Gasteiger partial charge on any atom is -0.320 e. The van der Waals surface area contributed by atoms with Gasteiger partial charge in [0.25, 0.3) is 5.91 Å². The van der Waals surface area contributed by atoms with Crippen LogP contribution in [0.25, 0.3) is 0 Å². The van der Waals surface area contributed by atoms with E-state index in [1.807, 2.05) is 36.4 Å². The summed E-state index contributed by atoms with van der Waals surface area (Å²) in [5.41, 5.74) is 4.75. The van der Waals surface area contributed by atoms with Gasteiger partial charge in [0.1, 0.15) is 0 Å². The lowest BCUT2D eigenvalue weighted by atomic mass is 10.0. The Morgan fingerprint density at radius 1 is 0.872 bits per heavy atom. The Hall–Kier alpha value is -2.71. The van der Waals surface area contributed by atoms with Crippen molar-refractivity contribution in [3.05, 3.63) is 87.0 Å². The number of nitrogens with one attached hydrogen (secondary N) is 1. The Balaban J connectivity index is 1.42. The van der Waals surface area contributed by atoms with E-state index in [2.05, 4.69) is 84.8 Å². The van der Waals surface area contributed by atoms with Crippen molar-refractivity contribution >= 4 is 51.5 Å². The molecule has 6 heteroatoms. The number of halogens is 1. The Morgan fingerprint density at radius 3 is 2.23 bits per heavy atom. The van der Waals surface area contributed by atoms with E-state index < -0.39 is 0 Å². The summed E-state index contributed by atoms with van der Waals surface area (Å²) in [6, 6.07) is 21.5. The molecule has 0 aliphatic carbocycles. The van der Waals surface area contributed by atoms with Crippen molar-refractivity contribution in [3.8, 4) is 0 Å². The molecule has 3 aromatic carbocycles. The predicted octanol–water partition coefficient (Wildman–Crippen LogP) is 7.70. The summed E-state index contributed by atoms with van der Waals surface area (Å²) in [7, 11) is 0. The number of fused-ring (bicyclic) bond motifs is 2. The molecule has 2 amide bonds. The van der Waals surface area contributed by atoms with Crippen LogP contribution in [0.1, 0.15) is 62.0 Å². The highest BCUT2D eigenvalue weighted by atomic mass is 127. The zero-order valence-corrected chi connectivity index (χ0v) is 25.7. The van der Waals surface area contributed by atoms with Gasteiger partial charge in [-0.25, -0.2) is 0 Å². The van der Waals surface area contributed by atoms with Crippen LogP contribution in [-0.2, 0) is 17.6 Å². The highest BCUT2D eigenvalue weighted by Gasteiger charge is 2.30. The van der Waals surface area contributed by atoms with Gasteiger partial charge in [-0.1, -0.05) is 70.2 Å². The maximum absolute atomic E-state index is 13.8. The molecule has 4 rings (SSSR count). The average Bonchev–Trinajstić information content (AvgIpc) is 3.01. The van der Waals surface area contributed by atoms with E-state index >= 15 is 0 Å². The number of hydrogen-bond donors (Lipinski definition) is 1. The number of carbonyl (C=O) groups excluding carboxylic acids is 2. The highest BCUT2D eigenvalue weighted by molar-refractivity contribution is 14.1. The summed E-state index contributed by atoms with van der Waals surface area (Å²) in [5, 5.41) is 2.97. The first-order chi connectivity index (χ1) is 18.7. The fourth-order valence-corrected chi connectivity index (χ4v) is 6.04. The summed E-state index contributed by atoms with van der Waals surface area (Å²) < 4.78 is 0.862. The zero-order valence-electron chi connectivity index (χ0n) is 23.5. The molecule has 0 fully saturated rings. The average molecular weight is 638 g/mol. The maximum Gasteiger partial charge on any atom is 0.257 e. The second-order valence-corrected chi connectivity index (χ2v) is 12.5. The Kier molecular flexibility index (Phi) is 10.2. The molecule has 0 saturated heterocycles. The molecule has 1 N–H and O–H groups in total. The number of benzene rings is 3. The molecule has 0 atom stereocenters. The third-order valence-corrected chi connectivity index (χ3v) is 7.78. The largest absolute Gasteiger partial charge is 0.320 e. The summed E-state index contributed by atoms with van der Waals surface area (Å²) in [4.78, 5) is 31.1. The van der Waals surface area contributed by atoms with Crippen molar-refractivity contribution in [2.45, 2.75) is 53.4 Å². The van der Waals surface area contributed by atoms with Crippen molar-refractivity contribution in [2.75, 3.05) is 29.9 Å². The second kappa shape index (κ2) is 13.6. The smallest absolute Gasteiger partial charge is 0.257 e. The lowest BCUT2D eigenvalue weighted by Crippen LogP contribution is -2.32. The molecule has 1 heterocycles. The van der Waals surface area contributed by atoms with Gasteiger partial charge in [-0.05, 0) is 95.6 Å². The van der Waals surface area contributed by atoms with Crippen LogP contribution in [0.15, 0.2) is 66.7 Å². The molecule has 0 saturated carbocycles. The minimum absolute atomic E-state index is 0.0625. The normalized spacial score (nSPS) is 12.9. The monoisotopic (exact) mass is 637 g/mol. The third kappa shape index (κ3) is 7.70. The SMILES string of the molecule is CC(C)CN(CCCCc1ccc(CC(=O)N2c3ccccc3NC(=O)c3cccc(I)c32)cc1)CC(C)C. The number of hydrogen-bond acceptors (Lipinski definition) is 3. The number of unbranched alkanes of at least 4 members (excludes halogenated alkanes) is 1. The Morgan fingerprint density at radius 2 is 1.54 bits per heavy atom. The maximum atomic E-state index is 13.8. The van der Waals surface area contributed by atoms with Gasteiger partial charge in [0.2, 0.25) is 5.91 Å². The molecule has 0 radical (unpaired) electrons.